The highest BCUT2D eigenvalue weighted by molar-refractivity contribution is 7.89. The molecule has 4 atom stereocenters. The maximum Gasteiger partial charge on any atom is 0.243 e. The van der Waals surface area contributed by atoms with Crippen molar-refractivity contribution >= 4 is 31.6 Å². The maximum atomic E-state index is 13.6. The summed E-state index contributed by atoms with van der Waals surface area (Å²) in [4.78, 5) is 26.8. The lowest BCUT2D eigenvalue weighted by molar-refractivity contribution is 0.0978. The van der Waals surface area contributed by atoms with E-state index in [4.69, 9.17) is 0 Å². The molecule has 0 radical (unpaired) electrons. The summed E-state index contributed by atoms with van der Waals surface area (Å²) in [7, 11) is -7.74. The number of carbonyl (C=O) groups excluding carboxylic acids is 2. The molecule has 2 heterocycles. The number of hydrogen-bond acceptors (Lipinski definition) is 6. The Morgan fingerprint density at radius 3 is 1.21 bits per heavy atom. The zero-order valence-electron chi connectivity index (χ0n) is 22.2. The summed E-state index contributed by atoms with van der Waals surface area (Å²) in [6.07, 6.45) is 1.89. The van der Waals surface area contributed by atoms with Gasteiger partial charge in [-0.25, -0.2) is 16.8 Å². The van der Waals surface area contributed by atoms with Crippen molar-refractivity contribution in [3.63, 3.8) is 0 Å². The largest absolute Gasteiger partial charge is 0.289 e. The van der Waals surface area contributed by atoms with E-state index < -0.39 is 31.6 Å². The van der Waals surface area contributed by atoms with Crippen molar-refractivity contribution in [2.45, 2.75) is 50.3 Å². The number of benzene rings is 2. The lowest BCUT2D eigenvalue weighted by Gasteiger charge is -2.34. The first-order chi connectivity index (χ1) is 17.8. The van der Waals surface area contributed by atoms with Gasteiger partial charge < -0.3 is 0 Å². The van der Waals surface area contributed by atoms with Crippen LogP contribution in [-0.4, -0.2) is 63.2 Å². The van der Waals surface area contributed by atoms with Gasteiger partial charge in [0.05, 0.1) is 9.79 Å². The average Bonchev–Trinajstić information content (AvgIpc) is 2.85. The second-order valence-corrected chi connectivity index (χ2v) is 15.5. The quantitative estimate of drug-likeness (QED) is 0.482. The van der Waals surface area contributed by atoms with E-state index in [1.54, 1.807) is 0 Å². The molecule has 2 saturated heterocycles. The zero-order chi connectivity index (χ0) is 27.6. The number of carbonyl (C=O) groups is 2. The summed E-state index contributed by atoms with van der Waals surface area (Å²) in [6, 6.07) is 8.09. The third-order valence-electron chi connectivity index (χ3n) is 7.91. The molecule has 204 valence electrons. The van der Waals surface area contributed by atoms with Crippen LogP contribution < -0.4 is 0 Å². The number of hydrogen-bond donors (Lipinski definition) is 0. The van der Waals surface area contributed by atoms with Crippen LogP contribution in [0.5, 0.6) is 0 Å². The van der Waals surface area contributed by atoms with Gasteiger partial charge in [0, 0.05) is 48.4 Å². The van der Waals surface area contributed by atoms with Crippen LogP contribution in [0.15, 0.2) is 46.2 Å². The minimum atomic E-state index is -3.87. The first-order valence-electron chi connectivity index (χ1n) is 13.2. The molecule has 3 aliphatic rings. The van der Waals surface area contributed by atoms with Gasteiger partial charge in [-0.05, 0) is 72.9 Å². The van der Waals surface area contributed by atoms with Crippen LogP contribution in [0.4, 0.5) is 0 Å². The molecule has 10 heteroatoms. The Morgan fingerprint density at radius 2 is 0.868 bits per heavy atom. The fourth-order valence-corrected chi connectivity index (χ4v) is 9.74. The highest BCUT2D eigenvalue weighted by atomic mass is 32.2. The molecule has 5 rings (SSSR count). The van der Waals surface area contributed by atoms with Gasteiger partial charge in [-0.3, -0.25) is 9.59 Å². The van der Waals surface area contributed by atoms with Crippen LogP contribution in [0, 0.1) is 23.7 Å². The molecule has 0 N–H and O–H groups in total. The van der Waals surface area contributed by atoms with Crippen molar-refractivity contribution in [3.05, 3.63) is 58.7 Å². The second kappa shape index (κ2) is 9.66. The van der Waals surface area contributed by atoms with Crippen molar-refractivity contribution in [3.8, 4) is 0 Å². The third kappa shape index (κ3) is 4.65. The van der Waals surface area contributed by atoms with Gasteiger partial charge >= 0.3 is 0 Å². The van der Waals surface area contributed by atoms with Crippen molar-refractivity contribution in [1.29, 1.82) is 0 Å². The van der Waals surface area contributed by atoms with Crippen LogP contribution >= 0.6 is 0 Å². The summed E-state index contributed by atoms with van der Waals surface area (Å²) in [6.45, 7) is 9.65. The molecule has 2 fully saturated rings. The number of fused-ring (bicyclic) bond motifs is 2. The zero-order valence-corrected chi connectivity index (χ0v) is 23.8. The fraction of sp³-hybridized carbons (Fsp3) is 0.500. The molecule has 0 amide bonds. The van der Waals surface area contributed by atoms with Crippen LogP contribution in [0.25, 0.3) is 0 Å². The summed E-state index contributed by atoms with van der Waals surface area (Å²) >= 11 is 0. The van der Waals surface area contributed by atoms with Gasteiger partial charge in [0.15, 0.2) is 11.6 Å². The monoisotopic (exact) mass is 558 g/mol. The minimum absolute atomic E-state index is 0.0172. The molecule has 2 aromatic rings. The molecule has 0 aromatic heterocycles. The van der Waals surface area contributed by atoms with Gasteiger partial charge in [-0.2, -0.15) is 8.61 Å². The summed E-state index contributed by atoms with van der Waals surface area (Å²) in [5.74, 6) is -0.118. The highest BCUT2D eigenvalue weighted by Gasteiger charge is 2.37. The molecule has 2 aliphatic heterocycles. The van der Waals surface area contributed by atoms with Crippen molar-refractivity contribution in [2.24, 2.45) is 23.7 Å². The van der Waals surface area contributed by atoms with E-state index >= 15 is 0 Å². The van der Waals surface area contributed by atoms with Gasteiger partial charge in [-0.15, -0.1) is 0 Å². The Kier molecular flexibility index (Phi) is 6.91. The molecule has 0 bridgehead atoms. The average molecular weight is 559 g/mol. The molecule has 1 aliphatic carbocycles. The molecule has 2 aromatic carbocycles. The van der Waals surface area contributed by atoms with Gasteiger partial charge in [0.2, 0.25) is 20.0 Å². The predicted octanol–water partition coefficient (Wildman–Crippen LogP) is 3.80. The molecule has 0 spiro atoms. The van der Waals surface area contributed by atoms with Gasteiger partial charge in [0.25, 0.3) is 0 Å². The SMILES string of the molecule is CC1CC(C)CN(S(=O)(=O)c2ccc3c(c2)C(=O)c2cc(S(=O)(=O)N4CC(C)CC(C)C4)ccc2C3=O)C1. The number of sulfonamides is 2. The molecular formula is C28H34N2O6S2. The Hall–Kier alpha value is -2.40. The molecule has 38 heavy (non-hydrogen) atoms. The van der Waals surface area contributed by atoms with Crippen LogP contribution in [0.3, 0.4) is 0 Å². The Morgan fingerprint density at radius 1 is 0.553 bits per heavy atom. The fourth-order valence-electron chi connectivity index (χ4n) is 6.33. The van der Waals surface area contributed by atoms with E-state index in [1.807, 2.05) is 27.7 Å². The van der Waals surface area contributed by atoms with E-state index in [9.17, 15) is 26.4 Å². The topological polar surface area (TPSA) is 109 Å². The third-order valence-corrected chi connectivity index (χ3v) is 11.6. The molecule has 4 unspecified atom stereocenters. The standard InChI is InChI=1S/C28H34N2O6S2/c1-17-9-18(2)14-29(13-17)37(33,34)21-5-7-23-25(11-21)28(32)26-12-22(6-8-24(26)27(23)31)38(35,36)30-15-19(3)10-20(4)16-30/h5-8,11-12,17-20H,9-10,13-16H2,1-4H3. The lowest BCUT2D eigenvalue weighted by atomic mass is 9.84. The van der Waals surface area contributed by atoms with Crippen molar-refractivity contribution in [1.82, 2.24) is 8.61 Å². The maximum absolute atomic E-state index is 13.6. The molecule has 0 saturated carbocycles. The van der Waals surface area contributed by atoms with E-state index in [0.29, 0.717) is 26.2 Å². The Labute approximate surface area is 225 Å². The first-order valence-corrected chi connectivity index (χ1v) is 16.0. The van der Waals surface area contributed by atoms with Crippen molar-refractivity contribution in [2.75, 3.05) is 26.2 Å². The van der Waals surface area contributed by atoms with Gasteiger partial charge in [-0.1, -0.05) is 27.7 Å². The number of piperidine rings is 2. The minimum Gasteiger partial charge on any atom is -0.289 e. The van der Waals surface area contributed by atoms with Crippen LogP contribution in [0.2, 0.25) is 0 Å². The Bertz CT molecular complexity index is 1400. The number of rotatable bonds is 4. The van der Waals surface area contributed by atoms with Crippen LogP contribution in [0.1, 0.15) is 72.4 Å². The van der Waals surface area contributed by atoms with Crippen LogP contribution in [-0.2, 0) is 20.0 Å². The first kappa shape index (κ1) is 27.2. The Balaban J connectivity index is 1.51. The van der Waals surface area contributed by atoms with E-state index in [0.717, 1.165) is 12.8 Å². The van der Waals surface area contributed by atoms with Crippen molar-refractivity contribution < 1.29 is 26.4 Å². The van der Waals surface area contributed by atoms with E-state index in [-0.39, 0.29) is 55.7 Å². The number of nitrogens with zero attached hydrogens (tertiary/aromatic N) is 2. The summed E-state index contributed by atoms with van der Waals surface area (Å²) < 4.78 is 56.7. The normalized spacial score (nSPS) is 27.2. The lowest BCUT2D eigenvalue weighted by Crippen LogP contribution is -2.42. The highest BCUT2D eigenvalue weighted by Crippen LogP contribution is 2.34. The van der Waals surface area contributed by atoms with Gasteiger partial charge in [0.1, 0.15) is 0 Å². The molecular weight excluding hydrogens is 524 g/mol. The molecule has 8 nitrogen and oxygen atoms in total. The number of ketones is 2. The summed E-state index contributed by atoms with van der Waals surface area (Å²) in [5.41, 5.74) is 0.208. The smallest absolute Gasteiger partial charge is 0.243 e. The van der Waals surface area contributed by atoms with E-state index in [1.165, 1.54) is 45.0 Å². The summed E-state index contributed by atoms with van der Waals surface area (Å²) in [5, 5.41) is 0. The van der Waals surface area contributed by atoms with E-state index in [2.05, 4.69) is 0 Å². The predicted molar refractivity (Wildman–Crippen MR) is 143 cm³/mol. The second-order valence-electron chi connectivity index (χ2n) is 11.6.